The molecule has 1 aliphatic carbocycles. The number of carbonyl (C=O) groups is 1. The van der Waals surface area contributed by atoms with Crippen LogP contribution in [-0.4, -0.2) is 43.2 Å². The summed E-state index contributed by atoms with van der Waals surface area (Å²) in [6.07, 6.45) is 8.36. The van der Waals surface area contributed by atoms with E-state index in [1.807, 2.05) is 4.90 Å². The molecule has 1 aliphatic heterocycles. The highest BCUT2D eigenvalue weighted by Gasteiger charge is 2.21. The Hall–Kier alpha value is -0.770. The van der Waals surface area contributed by atoms with Crippen LogP contribution < -0.4 is 10.6 Å². The summed E-state index contributed by atoms with van der Waals surface area (Å²) in [6, 6.07) is 0.688. The van der Waals surface area contributed by atoms with Crippen molar-refractivity contribution >= 4 is 6.03 Å². The van der Waals surface area contributed by atoms with E-state index in [1.54, 1.807) is 0 Å². The van der Waals surface area contributed by atoms with E-state index in [4.69, 9.17) is 0 Å². The van der Waals surface area contributed by atoms with Crippen LogP contribution in [0.3, 0.4) is 0 Å². The van der Waals surface area contributed by atoms with Crippen molar-refractivity contribution in [2.75, 3.05) is 26.2 Å². The molecule has 2 fully saturated rings. The van der Waals surface area contributed by atoms with Gasteiger partial charge in [-0.15, -0.1) is 0 Å². The van der Waals surface area contributed by atoms with Gasteiger partial charge in [0.15, 0.2) is 0 Å². The van der Waals surface area contributed by atoms with Crippen LogP contribution in [0.15, 0.2) is 0 Å². The Balaban J connectivity index is 1.64. The van der Waals surface area contributed by atoms with E-state index >= 15 is 0 Å². The smallest absolute Gasteiger partial charge is 0.317 e. The molecule has 0 spiro atoms. The lowest BCUT2D eigenvalue weighted by Crippen LogP contribution is -2.40. The van der Waals surface area contributed by atoms with Gasteiger partial charge in [-0.25, -0.2) is 4.79 Å². The summed E-state index contributed by atoms with van der Waals surface area (Å²) in [5, 5.41) is 6.44. The van der Waals surface area contributed by atoms with Crippen LogP contribution in [0.5, 0.6) is 0 Å². The van der Waals surface area contributed by atoms with Crippen LogP contribution in [0, 0.1) is 5.92 Å². The number of amides is 2. The molecule has 2 rings (SSSR count). The Morgan fingerprint density at radius 1 is 1.33 bits per heavy atom. The third kappa shape index (κ3) is 3.87. The molecule has 2 N–H and O–H groups in total. The van der Waals surface area contributed by atoms with Crippen LogP contribution in [0.4, 0.5) is 4.79 Å². The molecule has 2 amide bonds. The van der Waals surface area contributed by atoms with E-state index in [1.165, 1.54) is 38.5 Å². The predicted molar refractivity (Wildman–Crippen MR) is 73.6 cm³/mol. The Bertz CT molecular complexity index is 262. The molecular weight excluding hydrogens is 226 g/mol. The lowest BCUT2D eigenvalue weighted by Gasteiger charge is -2.24. The quantitative estimate of drug-likeness (QED) is 0.736. The first-order chi connectivity index (χ1) is 8.77. The van der Waals surface area contributed by atoms with E-state index in [-0.39, 0.29) is 6.03 Å². The number of urea groups is 1. The molecule has 2 aliphatic rings. The Morgan fingerprint density at radius 2 is 2.06 bits per heavy atom. The Kier molecular flexibility index (Phi) is 5.29. The average Bonchev–Trinajstić information content (AvgIpc) is 2.64. The molecule has 0 radical (unpaired) electrons. The third-order valence-corrected chi connectivity index (χ3v) is 4.40. The number of hydrogen-bond acceptors (Lipinski definition) is 2. The predicted octanol–water partition coefficient (Wildman–Crippen LogP) is 1.96. The van der Waals surface area contributed by atoms with Gasteiger partial charge in [-0.2, -0.15) is 0 Å². The SMILES string of the molecule is C[C@H](NCCN1CCNC1=O)C1CCCCCC1. The van der Waals surface area contributed by atoms with Crippen molar-refractivity contribution in [2.45, 2.75) is 51.5 Å². The second-order valence-corrected chi connectivity index (χ2v) is 5.71. The zero-order chi connectivity index (χ0) is 12.8. The topological polar surface area (TPSA) is 44.4 Å². The molecule has 0 aromatic heterocycles. The highest BCUT2D eigenvalue weighted by molar-refractivity contribution is 5.76. The van der Waals surface area contributed by atoms with E-state index in [9.17, 15) is 4.79 Å². The maximum atomic E-state index is 11.4. The van der Waals surface area contributed by atoms with Gasteiger partial charge in [-0.1, -0.05) is 25.7 Å². The van der Waals surface area contributed by atoms with Gasteiger partial charge in [0.1, 0.15) is 0 Å². The molecule has 0 bridgehead atoms. The van der Waals surface area contributed by atoms with Crippen LogP contribution in [-0.2, 0) is 0 Å². The first kappa shape index (κ1) is 13.7. The molecule has 4 nitrogen and oxygen atoms in total. The molecule has 4 heteroatoms. The van der Waals surface area contributed by atoms with Crippen LogP contribution in [0.2, 0.25) is 0 Å². The molecule has 0 aromatic carbocycles. The number of rotatable bonds is 5. The van der Waals surface area contributed by atoms with Crippen molar-refractivity contribution in [3.63, 3.8) is 0 Å². The van der Waals surface area contributed by atoms with Gasteiger partial charge < -0.3 is 15.5 Å². The molecule has 1 saturated carbocycles. The zero-order valence-electron chi connectivity index (χ0n) is 11.6. The summed E-state index contributed by atoms with van der Waals surface area (Å²) in [5.41, 5.74) is 0. The zero-order valence-corrected chi connectivity index (χ0v) is 11.6. The number of nitrogens with zero attached hydrogens (tertiary/aromatic N) is 1. The van der Waals surface area contributed by atoms with Crippen LogP contribution in [0.25, 0.3) is 0 Å². The summed E-state index contributed by atoms with van der Waals surface area (Å²) < 4.78 is 0. The molecule has 1 saturated heterocycles. The fourth-order valence-electron chi connectivity index (χ4n) is 3.13. The number of nitrogens with one attached hydrogen (secondary N) is 2. The van der Waals surface area contributed by atoms with Gasteiger partial charge in [0, 0.05) is 32.2 Å². The molecule has 1 atom stereocenters. The van der Waals surface area contributed by atoms with Crippen LogP contribution in [0.1, 0.15) is 45.4 Å². The monoisotopic (exact) mass is 253 g/mol. The first-order valence-electron chi connectivity index (χ1n) is 7.53. The highest BCUT2D eigenvalue weighted by Crippen LogP contribution is 2.25. The Morgan fingerprint density at radius 3 is 2.67 bits per heavy atom. The highest BCUT2D eigenvalue weighted by atomic mass is 16.2. The molecule has 0 aromatic rings. The molecule has 18 heavy (non-hydrogen) atoms. The molecule has 104 valence electrons. The molecular formula is C14H27N3O. The van der Waals surface area contributed by atoms with Crippen molar-refractivity contribution in [3.05, 3.63) is 0 Å². The minimum absolute atomic E-state index is 0.0962. The lowest BCUT2D eigenvalue weighted by atomic mass is 9.93. The van der Waals surface area contributed by atoms with Crippen molar-refractivity contribution in [1.82, 2.24) is 15.5 Å². The van der Waals surface area contributed by atoms with Gasteiger partial charge in [0.05, 0.1) is 0 Å². The van der Waals surface area contributed by atoms with Gasteiger partial charge in [0.2, 0.25) is 0 Å². The fraction of sp³-hybridized carbons (Fsp3) is 0.929. The average molecular weight is 253 g/mol. The van der Waals surface area contributed by atoms with Crippen molar-refractivity contribution < 1.29 is 4.79 Å². The maximum Gasteiger partial charge on any atom is 0.317 e. The van der Waals surface area contributed by atoms with Gasteiger partial charge in [-0.3, -0.25) is 0 Å². The van der Waals surface area contributed by atoms with Gasteiger partial charge in [0.25, 0.3) is 0 Å². The normalized spacial score (nSPS) is 23.8. The Labute approximate surface area is 110 Å². The van der Waals surface area contributed by atoms with E-state index in [0.717, 1.165) is 32.1 Å². The summed E-state index contributed by atoms with van der Waals surface area (Å²) in [4.78, 5) is 13.3. The first-order valence-corrected chi connectivity index (χ1v) is 7.53. The van der Waals surface area contributed by atoms with Crippen molar-refractivity contribution in [2.24, 2.45) is 5.92 Å². The summed E-state index contributed by atoms with van der Waals surface area (Å²) in [5.74, 6) is 0.833. The van der Waals surface area contributed by atoms with Gasteiger partial charge in [-0.05, 0) is 25.7 Å². The minimum Gasteiger partial charge on any atom is -0.336 e. The molecule has 0 unspecified atom stereocenters. The fourth-order valence-corrected chi connectivity index (χ4v) is 3.13. The summed E-state index contributed by atoms with van der Waals surface area (Å²) >= 11 is 0. The third-order valence-electron chi connectivity index (χ3n) is 4.40. The maximum absolute atomic E-state index is 11.4. The van der Waals surface area contributed by atoms with E-state index < -0.39 is 0 Å². The van der Waals surface area contributed by atoms with Gasteiger partial charge >= 0.3 is 6.03 Å². The second-order valence-electron chi connectivity index (χ2n) is 5.71. The van der Waals surface area contributed by atoms with E-state index in [0.29, 0.717) is 6.04 Å². The number of hydrogen-bond donors (Lipinski definition) is 2. The summed E-state index contributed by atoms with van der Waals surface area (Å²) in [6.45, 7) is 5.73. The largest absolute Gasteiger partial charge is 0.336 e. The van der Waals surface area contributed by atoms with Crippen molar-refractivity contribution in [1.29, 1.82) is 0 Å². The van der Waals surface area contributed by atoms with Crippen LogP contribution >= 0.6 is 0 Å². The lowest BCUT2D eigenvalue weighted by molar-refractivity contribution is 0.215. The molecule has 1 heterocycles. The number of carbonyl (C=O) groups excluding carboxylic acids is 1. The second kappa shape index (κ2) is 6.98. The summed E-state index contributed by atoms with van der Waals surface area (Å²) in [7, 11) is 0. The van der Waals surface area contributed by atoms with E-state index in [2.05, 4.69) is 17.6 Å². The minimum atomic E-state index is 0.0962. The van der Waals surface area contributed by atoms with Crippen molar-refractivity contribution in [3.8, 4) is 0 Å². The standard InChI is InChI=1S/C14H27N3O/c1-12(13-6-4-2-3-5-7-13)15-8-10-17-11-9-16-14(17)18/h12-13,15H,2-11H2,1H3,(H,16,18)/t12-/m0/s1.